The molecule has 27 heavy (non-hydrogen) atoms. The van der Waals surface area contributed by atoms with E-state index in [4.69, 9.17) is 0 Å². The molecule has 1 aromatic heterocycles. The molecule has 1 aliphatic rings. The lowest BCUT2D eigenvalue weighted by molar-refractivity contribution is -0.125. The smallest absolute Gasteiger partial charge is 0.250 e. The van der Waals surface area contributed by atoms with Crippen molar-refractivity contribution < 1.29 is 14.0 Å². The van der Waals surface area contributed by atoms with Gasteiger partial charge in [0.25, 0.3) is 5.56 Å². The SMILES string of the molecule is C=CC(=O)N1CCC(C(=O)Nc2ccc(=O)n(Cc3cccc(F)c3)c2)C1. The minimum atomic E-state index is -0.370. The number of nitrogens with zero attached hydrogens (tertiary/aromatic N) is 2. The topological polar surface area (TPSA) is 71.4 Å². The molecular weight excluding hydrogens is 349 g/mol. The van der Waals surface area contributed by atoms with Gasteiger partial charge in [-0.1, -0.05) is 18.7 Å². The first kappa shape index (κ1) is 18.6. The van der Waals surface area contributed by atoms with Crippen LogP contribution in [0, 0.1) is 11.7 Å². The van der Waals surface area contributed by atoms with Crippen molar-refractivity contribution in [3.63, 3.8) is 0 Å². The van der Waals surface area contributed by atoms with E-state index in [9.17, 15) is 18.8 Å². The highest BCUT2D eigenvalue weighted by Crippen LogP contribution is 2.19. The molecule has 2 aromatic rings. The van der Waals surface area contributed by atoms with Crippen molar-refractivity contribution >= 4 is 17.5 Å². The van der Waals surface area contributed by atoms with E-state index in [1.165, 1.54) is 41.1 Å². The summed E-state index contributed by atoms with van der Waals surface area (Å²) < 4.78 is 14.7. The second-order valence-corrected chi connectivity index (χ2v) is 6.48. The molecule has 140 valence electrons. The molecule has 1 saturated heterocycles. The van der Waals surface area contributed by atoms with Gasteiger partial charge in [0.15, 0.2) is 0 Å². The molecule has 0 radical (unpaired) electrons. The normalized spacial score (nSPS) is 16.2. The number of aromatic nitrogens is 1. The zero-order chi connectivity index (χ0) is 19.4. The Morgan fingerprint density at radius 2 is 2.11 bits per heavy atom. The second kappa shape index (κ2) is 7.99. The van der Waals surface area contributed by atoms with Crippen LogP contribution in [0.1, 0.15) is 12.0 Å². The Balaban J connectivity index is 1.69. The highest BCUT2D eigenvalue weighted by Gasteiger charge is 2.30. The van der Waals surface area contributed by atoms with Gasteiger partial charge in [-0.15, -0.1) is 0 Å². The number of carbonyl (C=O) groups is 2. The van der Waals surface area contributed by atoms with Gasteiger partial charge in [-0.05, 0) is 36.3 Å². The van der Waals surface area contributed by atoms with E-state index < -0.39 is 0 Å². The van der Waals surface area contributed by atoms with E-state index in [1.54, 1.807) is 17.0 Å². The Morgan fingerprint density at radius 3 is 2.85 bits per heavy atom. The highest BCUT2D eigenvalue weighted by atomic mass is 19.1. The Kier molecular flexibility index (Phi) is 5.49. The molecule has 2 heterocycles. The summed E-state index contributed by atoms with van der Waals surface area (Å²) in [5.74, 6) is -1.07. The minimum absolute atomic E-state index is 0.186. The number of benzene rings is 1. The zero-order valence-electron chi connectivity index (χ0n) is 14.7. The fourth-order valence-corrected chi connectivity index (χ4v) is 3.11. The first-order valence-electron chi connectivity index (χ1n) is 8.63. The van der Waals surface area contributed by atoms with Gasteiger partial charge in [-0.25, -0.2) is 4.39 Å². The standard InChI is InChI=1S/C20H20FN3O3/c1-2-18(25)23-9-8-15(12-23)20(27)22-17-6-7-19(26)24(13-17)11-14-4-3-5-16(21)10-14/h2-7,10,13,15H,1,8-9,11-12H2,(H,22,27). The van der Waals surface area contributed by atoms with Gasteiger partial charge >= 0.3 is 0 Å². The van der Waals surface area contributed by atoms with Gasteiger partial charge in [0.1, 0.15) is 5.82 Å². The molecule has 0 saturated carbocycles. The van der Waals surface area contributed by atoms with E-state index in [-0.39, 0.29) is 35.7 Å². The quantitative estimate of drug-likeness (QED) is 0.820. The van der Waals surface area contributed by atoms with Crippen LogP contribution in [-0.2, 0) is 16.1 Å². The largest absolute Gasteiger partial charge is 0.338 e. The summed E-state index contributed by atoms with van der Waals surface area (Å²) in [6.45, 7) is 4.52. The van der Waals surface area contributed by atoms with Crippen molar-refractivity contribution in [1.82, 2.24) is 9.47 Å². The molecule has 0 bridgehead atoms. The van der Waals surface area contributed by atoms with Crippen LogP contribution in [-0.4, -0.2) is 34.4 Å². The number of amides is 2. The molecule has 1 fully saturated rings. The Bertz CT molecular complexity index is 938. The summed E-state index contributed by atoms with van der Waals surface area (Å²) in [5, 5.41) is 2.79. The number of halogens is 1. The average molecular weight is 369 g/mol. The summed E-state index contributed by atoms with van der Waals surface area (Å²) in [5.41, 5.74) is 0.875. The average Bonchev–Trinajstić information content (AvgIpc) is 3.14. The maximum Gasteiger partial charge on any atom is 0.250 e. The molecule has 1 aliphatic heterocycles. The molecule has 2 amide bonds. The number of hydrogen-bond acceptors (Lipinski definition) is 3. The highest BCUT2D eigenvalue weighted by molar-refractivity contribution is 5.94. The summed E-state index contributed by atoms with van der Waals surface area (Å²) in [4.78, 5) is 37.7. The van der Waals surface area contributed by atoms with Gasteiger partial charge in [-0.3, -0.25) is 14.4 Å². The third-order valence-electron chi connectivity index (χ3n) is 4.54. The van der Waals surface area contributed by atoms with Gasteiger partial charge in [0.05, 0.1) is 18.2 Å². The van der Waals surface area contributed by atoms with E-state index in [0.29, 0.717) is 30.8 Å². The maximum absolute atomic E-state index is 13.3. The first-order valence-corrected chi connectivity index (χ1v) is 8.63. The lowest BCUT2D eigenvalue weighted by Gasteiger charge is -2.15. The molecule has 0 spiro atoms. The van der Waals surface area contributed by atoms with Crippen LogP contribution in [0.5, 0.6) is 0 Å². The third-order valence-corrected chi connectivity index (χ3v) is 4.54. The molecule has 3 rings (SSSR count). The molecular formula is C20H20FN3O3. The van der Waals surface area contributed by atoms with Gasteiger partial charge in [0.2, 0.25) is 11.8 Å². The molecule has 7 heteroatoms. The summed E-state index contributed by atoms with van der Waals surface area (Å²) in [6, 6.07) is 8.90. The van der Waals surface area contributed by atoms with Crippen molar-refractivity contribution in [1.29, 1.82) is 0 Å². The van der Waals surface area contributed by atoms with Crippen molar-refractivity contribution in [2.75, 3.05) is 18.4 Å². The van der Waals surface area contributed by atoms with E-state index in [0.717, 1.165) is 0 Å². The maximum atomic E-state index is 13.3. The molecule has 0 aliphatic carbocycles. The number of pyridine rings is 1. The Morgan fingerprint density at radius 1 is 1.30 bits per heavy atom. The van der Waals surface area contributed by atoms with Crippen molar-refractivity contribution in [2.45, 2.75) is 13.0 Å². The predicted molar refractivity (Wildman–Crippen MR) is 99.7 cm³/mol. The first-order chi connectivity index (χ1) is 13.0. The summed E-state index contributed by atoms with van der Waals surface area (Å²) in [7, 11) is 0. The molecule has 1 unspecified atom stereocenters. The Hall–Kier alpha value is -3.22. The number of nitrogens with one attached hydrogen (secondary N) is 1. The van der Waals surface area contributed by atoms with Gasteiger partial charge < -0.3 is 14.8 Å². The summed E-state index contributed by atoms with van der Waals surface area (Å²) in [6.07, 6.45) is 3.35. The van der Waals surface area contributed by atoms with Crippen molar-refractivity contribution in [2.24, 2.45) is 5.92 Å². The van der Waals surface area contributed by atoms with Crippen molar-refractivity contribution in [3.8, 4) is 0 Å². The van der Waals surface area contributed by atoms with Gasteiger partial charge in [0, 0.05) is 25.4 Å². The van der Waals surface area contributed by atoms with Crippen LogP contribution in [0.4, 0.5) is 10.1 Å². The second-order valence-electron chi connectivity index (χ2n) is 6.48. The van der Waals surface area contributed by atoms with E-state index in [1.807, 2.05) is 0 Å². The van der Waals surface area contributed by atoms with Crippen LogP contribution in [0.2, 0.25) is 0 Å². The summed E-state index contributed by atoms with van der Waals surface area (Å²) >= 11 is 0. The lowest BCUT2D eigenvalue weighted by atomic mass is 10.1. The molecule has 6 nitrogen and oxygen atoms in total. The molecule has 1 atom stereocenters. The number of anilines is 1. The Labute approximate surface area is 155 Å². The van der Waals surface area contributed by atoms with Crippen LogP contribution in [0.3, 0.4) is 0 Å². The number of likely N-dealkylation sites (tertiary alicyclic amines) is 1. The monoisotopic (exact) mass is 369 g/mol. The lowest BCUT2D eigenvalue weighted by Crippen LogP contribution is -2.30. The number of carbonyl (C=O) groups excluding carboxylic acids is 2. The number of hydrogen-bond donors (Lipinski definition) is 1. The van der Waals surface area contributed by atoms with Gasteiger partial charge in [-0.2, -0.15) is 0 Å². The van der Waals surface area contributed by atoms with E-state index >= 15 is 0 Å². The van der Waals surface area contributed by atoms with Crippen molar-refractivity contribution in [3.05, 3.63) is 77.0 Å². The fourth-order valence-electron chi connectivity index (χ4n) is 3.11. The fraction of sp³-hybridized carbons (Fsp3) is 0.250. The van der Waals surface area contributed by atoms with E-state index in [2.05, 4.69) is 11.9 Å². The van der Waals surface area contributed by atoms with Crippen LogP contribution in [0.25, 0.3) is 0 Å². The molecule has 1 N–H and O–H groups in total. The molecule has 1 aromatic carbocycles. The zero-order valence-corrected chi connectivity index (χ0v) is 14.7. The predicted octanol–water partition coefficient (Wildman–Crippen LogP) is 2.01. The minimum Gasteiger partial charge on any atom is -0.338 e. The van der Waals surface area contributed by atoms with Crippen LogP contribution >= 0.6 is 0 Å². The number of rotatable bonds is 5. The third kappa shape index (κ3) is 4.49. The van der Waals surface area contributed by atoms with Crippen LogP contribution in [0.15, 0.2) is 60.0 Å². The van der Waals surface area contributed by atoms with Crippen LogP contribution < -0.4 is 10.9 Å².